The van der Waals surface area contributed by atoms with E-state index < -0.39 is 23.7 Å². The van der Waals surface area contributed by atoms with Gasteiger partial charge < -0.3 is 24.2 Å². The molecule has 0 radical (unpaired) electrons. The van der Waals surface area contributed by atoms with Gasteiger partial charge in [0.1, 0.15) is 0 Å². The average Bonchev–Trinajstić information content (AvgIpc) is 3.00. The van der Waals surface area contributed by atoms with E-state index in [9.17, 15) is 22.8 Å². The Kier molecular flexibility index (Phi) is 6.79. The average molecular weight is 566 g/mol. The van der Waals surface area contributed by atoms with Crippen LogP contribution in [0, 0.1) is 0 Å². The fraction of sp³-hybridized carbons (Fsp3) is 0.355. The van der Waals surface area contributed by atoms with Crippen LogP contribution in [0.5, 0.6) is 11.5 Å². The molecule has 2 amide bonds. The van der Waals surface area contributed by atoms with Crippen molar-refractivity contribution in [2.75, 3.05) is 51.8 Å². The second-order valence-electron chi connectivity index (χ2n) is 10.5. The van der Waals surface area contributed by atoms with E-state index in [-0.39, 0.29) is 11.8 Å². The van der Waals surface area contributed by atoms with Crippen LogP contribution in [0.3, 0.4) is 0 Å². The van der Waals surface area contributed by atoms with Crippen molar-refractivity contribution in [1.82, 2.24) is 9.80 Å². The van der Waals surface area contributed by atoms with E-state index in [1.807, 2.05) is 29.2 Å². The maximum Gasteiger partial charge on any atom is 0.416 e. The number of rotatable bonds is 4. The van der Waals surface area contributed by atoms with Gasteiger partial charge in [-0.2, -0.15) is 13.2 Å². The first-order valence-corrected chi connectivity index (χ1v) is 13.6. The van der Waals surface area contributed by atoms with Crippen molar-refractivity contribution >= 4 is 17.5 Å². The minimum atomic E-state index is -4.43. The number of hydrogen-bond acceptors (Lipinski definition) is 5. The van der Waals surface area contributed by atoms with Gasteiger partial charge in [-0.1, -0.05) is 30.3 Å². The molecule has 2 atom stereocenters. The molecule has 214 valence electrons. The van der Waals surface area contributed by atoms with Crippen LogP contribution in [0.2, 0.25) is 0 Å². The summed E-state index contributed by atoms with van der Waals surface area (Å²) in [6.07, 6.45) is -3.73. The van der Waals surface area contributed by atoms with Crippen molar-refractivity contribution in [2.45, 2.75) is 24.6 Å². The molecule has 0 N–H and O–H groups in total. The Hall–Kier alpha value is -4.21. The molecule has 41 heavy (non-hydrogen) atoms. The van der Waals surface area contributed by atoms with Gasteiger partial charge in [0.2, 0.25) is 5.91 Å². The largest absolute Gasteiger partial charge is 0.493 e. The van der Waals surface area contributed by atoms with E-state index in [2.05, 4.69) is 0 Å². The van der Waals surface area contributed by atoms with Crippen LogP contribution in [0.15, 0.2) is 60.7 Å². The number of amides is 2. The molecule has 3 aliphatic rings. The third-order valence-electron chi connectivity index (χ3n) is 8.43. The summed E-state index contributed by atoms with van der Waals surface area (Å²) < 4.78 is 50.9. The Morgan fingerprint density at radius 2 is 1.56 bits per heavy atom. The molecule has 1 fully saturated rings. The molecule has 1 saturated heterocycles. The lowest BCUT2D eigenvalue weighted by atomic mass is 9.75. The zero-order valence-electron chi connectivity index (χ0n) is 22.8. The smallest absolute Gasteiger partial charge is 0.416 e. The number of piperazine rings is 1. The second-order valence-corrected chi connectivity index (χ2v) is 10.5. The van der Waals surface area contributed by atoms with E-state index in [1.54, 1.807) is 28.0 Å². The van der Waals surface area contributed by atoms with Gasteiger partial charge in [0, 0.05) is 44.0 Å². The van der Waals surface area contributed by atoms with Crippen LogP contribution in [-0.4, -0.2) is 68.6 Å². The number of alkyl halides is 3. The number of ether oxygens (including phenoxy) is 2. The number of halogens is 3. The van der Waals surface area contributed by atoms with Gasteiger partial charge in [-0.3, -0.25) is 9.59 Å². The Morgan fingerprint density at radius 1 is 0.854 bits per heavy atom. The molecule has 0 saturated carbocycles. The summed E-state index contributed by atoms with van der Waals surface area (Å²) in [7, 11) is 3.02. The molecule has 0 aliphatic carbocycles. The Labute approximate surface area is 236 Å². The third kappa shape index (κ3) is 4.65. The van der Waals surface area contributed by atoms with Gasteiger partial charge >= 0.3 is 6.18 Å². The number of benzene rings is 3. The van der Waals surface area contributed by atoms with Crippen molar-refractivity contribution in [3.63, 3.8) is 0 Å². The highest BCUT2D eigenvalue weighted by molar-refractivity contribution is 6.02. The summed E-state index contributed by atoms with van der Waals surface area (Å²) in [5.41, 5.74) is 2.85. The van der Waals surface area contributed by atoms with E-state index in [0.29, 0.717) is 67.5 Å². The molecule has 0 spiro atoms. The van der Waals surface area contributed by atoms with Gasteiger partial charge in [0.25, 0.3) is 5.91 Å². The third-order valence-corrected chi connectivity index (χ3v) is 8.43. The summed E-state index contributed by atoms with van der Waals surface area (Å²) in [4.78, 5) is 33.6. The fourth-order valence-electron chi connectivity index (χ4n) is 6.38. The highest BCUT2D eigenvalue weighted by Gasteiger charge is 2.48. The van der Waals surface area contributed by atoms with Crippen LogP contribution < -0.4 is 14.4 Å². The minimum absolute atomic E-state index is 0.124. The van der Waals surface area contributed by atoms with E-state index in [0.717, 1.165) is 23.3 Å². The molecule has 3 heterocycles. The first-order chi connectivity index (χ1) is 19.7. The Balaban J connectivity index is 1.35. The van der Waals surface area contributed by atoms with Crippen LogP contribution in [0.1, 0.15) is 44.6 Å². The van der Waals surface area contributed by atoms with E-state index >= 15 is 0 Å². The molecule has 10 heteroatoms. The van der Waals surface area contributed by atoms with Crippen LogP contribution in [-0.2, 0) is 17.4 Å². The van der Waals surface area contributed by atoms with Crippen molar-refractivity contribution in [1.29, 1.82) is 0 Å². The van der Waals surface area contributed by atoms with Gasteiger partial charge in [0.05, 0.1) is 31.7 Å². The lowest BCUT2D eigenvalue weighted by molar-refractivity contribution is -0.137. The quantitative estimate of drug-likeness (QED) is 0.450. The Bertz CT molecular complexity index is 1500. The maximum atomic E-state index is 14.4. The van der Waals surface area contributed by atoms with Crippen LogP contribution in [0.4, 0.5) is 18.9 Å². The zero-order valence-corrected chi connectivity index (χ0v) is 22.8. The van der Waals surface area contributed by atoms with Gasteiger partial charge in [0.15, 0.2) is 11.5 Å². The van der Waals surface area contributed by atoms with Crippen molar-refractivity contribution < 1.29 is 32.2 Å². The van der Waals surface area contributed by atoms with Gasteiger partial charge in [-0.15, -0.1) is 0 Å². The van der Waals surface area contributed by atoms with Gasteiger partial charge in [-0.25, -0.2) is 0 Å². The topological polar surface area (TPSA) is 62.3 Å². The van der Waals surface area contributed by atoms with Crippen LogP contribution >= 0.6 is 0 Å². The second kappa shape index (κ2) is 10.3. The van der Waals surface area contributed by atoms with Crippen molar-refractivity contribution in [3.05, 3.63) is 88.5 Å². The van der Waals surface area contributed by atoms with Crippen molar-refractivity contribution in [3.8, 4) is 11.5 Å². The first kappa shape index (κ1) is 27.0. The highest BCUT2D eigenvalue weighted by atomic mass is 19.4. The highest BCUT2D eigenvalue weighted by Crippen LogP contribution is 2.49. The van der Waals surface area contributed by atoms with Crippen molar-refractivity contribution in [2.24, 2.45) is 0 Å². The summed E-state index contributed by atoms with van der Waals surface area (Å²) in [5.74, 6) is -0.107. The molecule has 3 aromatic rings. The first-order valence-electron chi connectivity index (χ1n) is 13.6. The molecule has 2 unspecified atom stereocenters. The summed E-state index contributed by atoms with van der Waals surface area (Å²) in [6.45, 7) is 1.96. The molecule has 6 rings (SSSR count). The SMILES string of the molecule is COc1cc2c(cc1OC)C(C(=O)N1CCN(c3cccc(C(F)(F)F)c3)CC1)C1c3ccccc3CCN1C2=O. The number of anilines is 1. The summed E-state index contributed by atoms with van der Waals surface area (Å²) in [6, 6.07) is 16.1. The zero-order chi connectivity index (χ0) is 28.9. The molecule has 3 aliphatic heterocycles. The number of fused-ring (bicyclic) bond motifs is 4. The lowest BCUT2D eigenvalue weighted by Crippen LogP contribution is -2.54. The number of carbonyl (C=O) groups excluding carboxylic acids is 2. The molecule has 0 bridgehead atoms. The molecule has 3 aromatic carbocycles. The predicted molar refractivity (Wildman–Crippen MR) is 146 cm³/mol. The number of methoxy groups -OCH3 is 2. The normalized spacial score (nSPS) is 20.2. The monoisotopic (exact) mass is 565 g/mol. The van der Waals surface area contributed by atoms with E-state index in [1.165, 1.54) is 20.3 Å². The number of hydrogen-bond donors (Lipinski definition) is 0. The molecular formula is C31H30F3N3O4. The summed E-state index contributed by atoms with van der Waals surface area (Å²) >= 11 is 0. The standard InChI is InChI=1S/C31H30F3N3O4/c1-40-25-17-23-24(18-26(25)41-2)29(38)37-11-10-19-6-3-4-9-22(19)28(37)27(23)30(39)36-14-12-35(13-15-36)21-8-5-7-20(16-21)31(32,33)34/h3-9,16-18,27-28H,10-15H2,1-2H3. The lowest BCUT2D eigenvalue weighted by Gasteiger charge is -2.47. The number of nitrogens with zero attached hydrogens (tertiary/aromatic N) is 3. The number of carbonyl (C=O) groups is 2. The maximum absolute atomic E-state index is 14.4. The summed E-state index contributed by atoms with van der Waals surface area (Å²) in [5, 5.41) is 0. The molecular weight excluding hydrogens is 535 g/mol. The fourth-order valence-corrected chi connectivity index (χ4v) is 6.38. The minimum Gasteiger partial charge on any atom is -0.493 e. The van der Waals surface area contributed by atoms with E-state index in [4.69, 9.17) is 9.47 Å². The molecule has 7 nitrogen and oxygen atoms in total. The van der Waals surface area contributed by atoms with Crippen LogP contribution in [0.25, 0.3) is 0 Å². The Morgan fingerprint density at radius 3 is 2.27 bits per heavy atom. The van der Waals surface area contributed by atoms with Gasteiger partial charge in [-0.05, 0) is 53.4 Å². The molecule has 0 aromatic heterocycles. The predicted octanol–water partition coefficient (Wildman–Crippen LogP) is 4.91.